The Balaban J connectivity index is 1.23. The molecule has 5 rings (SSSR count). The number of rotatable bonds is 7. The molecule has 1 N–H and O–H groups in total. The van der Waals surface area contributed by atoms with Gasteiger partial charge in [-0.25, -0.2) is 13.1 Å². The van der Waals surface area contributed by atoms with E-state index < -0.39 is 10.0 Å². The van der Waals surface area contributed by atoms with E-state index in [-0.39, 0.29) is 34.8 Å². The van der Waals surface area contributed by atoms with Crippen LogP contribution in [0.4, 0.5) is 5.69 Å². The molecule has 10 nitrogen and oxygen atoms in total. The van der Waals surface area contributed by atoms with Crippen molar-refractivity contribution in [3.63, 3.8) is 0 Å². The highest BCUT2D eigenvalue weighted by Gasteiger charge is 2.38. The van der Waals surface area contributed by atoms with E-state index in [9.17, 15) is 13.2 Å². The topological polar surface area (TPSA) is 120 Å². The minimum atomic E-state index is -3.78. The molecule has 3 aliphatic rings. The van der Waals surface area contributed by atoms with Gasteiger partial charge in [-0.3, -0.25) is 4.79 Å². The van der Waals surface area contributed by atoms with Crippen molar-refractivity contribution in [2.45, 2.75) is 62.5 Å². The lowest BCUT2D eigenvalue weighted by Crippen LogP contribution is -2.41. The highest BCUT2D eigenvalue weighted by molar-refractivity contribution is 7.89. The van der Waals surface area contributed by atoms with Crippen LogP contribution in [0.2, 0.25) is 5.02 Å². The van der Waals surface area contributed by atoms with Gasteiger partial charge in [0.05, 0.1) is 30.2 Å². The van der Waals surface area contributed by atoms with Crippen LogP contribution in [0.25, 0.3) is 0 Å². The van der Waals surface area contributed by atoms with Gasteiger partial charge >= 0.3 is 0 Å². The summed E-state index contributed by atoms with van der Waals surface area (Å²) >= 11 is 6.37. The molecule has 0 radical (unpaired) electrons. The van der Waals surface area contributed by atoms with E-state index >= 15 is 0 Å². The molecule has 2 aliphatic heterocycles. The predicted molar refractivity (Wildman–Crippen MR) is 126 cm³/mol. The second kappa shape index (κ2) is 9.60. The molecule has 0 spiro atoms. The normalized spacial score (nSPS) is 22.7. The second-order valence-corrected chi connectivity index (χ2v) is 11.7. The zero-order valence-electron chi connectivity index (χ0n) is 19.2. The number of anilines is 1. The van der Waals surface area contributed by atoms with E-state index in [0.29, 0.717) is 49.1 Å². The van der Waals surface area contributed by atoms with E-state index in [1.807, 2.05) is 0 Å². The maximum atomic E-state index is 13.1. The molecular weight excluding hydrogens is 482 g/mol. The molecule has 2 saturated heterocycles. The van der Waals surface area contributed by atoms with Gasteiger partial charge in [-0.1, -0.05) is 16.8 Å². The maximum Gasteiger partial charge on any atom is 0.287 e. The highest BCUT2D eigenvalue weighted by atomic mass is 35.5. The van der Waals surface area contributed by atoms with Crippen molar-refractivity contribution in [1.82, 2.24) is 19.2 Å². The Morgan fingerprint density at radius 2 is 1.97 bits per heavy atom. The van der Waals surface area contributed by atoms with E-state index in [4.69, 9.17) is 20.9 Å². The number of nitrogens with zero attached hydrogens (tertiary/aromatic N) is 4. The summed E-state index contributed by atoms with van der Waals surface area (Å²) in [5.74, 6) is 0.696. The van der Waals surface area contributed by atoms with Crippen molar-refractivity contribution in [2.75, 3.05) is 38.2 Å². The fraction of sp³-hybridized carbons (Fsp3) is 0.682. The van der Waals surface area contributed by atoms with Gasteiger partial charge in [0.25, 0.3) is 20.7 Å². The highest BCUT2D eigenvalue weighted by Crippen LogP contribution is 2.42. The number of nitrogens with one attached hydrogen (secondary N) is 1. The number of ether oxygens (including phenoxy) is 1. The second-order valence-electron chi connectivity index (χ2n) is 9.48. The third-order valence-corrected chi connectivity index (χ3v) is 9.26. The van der Waals surface area contributed by atoms with Gasteiger partial charge in [-0.05, 0) is 51.4 Å². The largest absolute Gasteiger partial charge is 0.382 e. The number of halogens is 1. The fourth-order valence-corrected chi connectivity index (χ4v) is 6.56. The molecule has 0 unspecified atom stereocenters. The van der Waals surface area contributed by atoms with Gasteiger partial charge in [-0.15, -0.1) is 0 Å². The molecule has 34 heavy (non-hydrogen) atoms. The Morgan fingerprint density at radius 1 is 1.21 bits per heavy atom. The number of sulfonamides is 1. The number of hydrogen-bond acceptors (Lipinski definition) is 8. The standard InChI is InChI=1S/C22H30ClN5O5S/c1-14-20(16-4-5-16)26-33-22(14)34(30,31)27-8-6-17(7-9-27)28-21(29)19(23)18(12-25-28)24-11-15-3-2-10-32-13-15/h12,15-17,24H,2-11,13H2,1H3/t15-/m1/s1. The molecule has 2 aromatic heterocycles. The molecule has 0 aromatic carbocycles. The number of aromatic nitrogens is 3. The van der Waals surface area contributed by atoms with Crippen LogP contribution in [0.15, 0.2) is 20.6 Å². The lowest BCUT2D eigenvalue weighted by Gasteiger charge is -2.31. The smallest absolute Gasteiger partial charge is 0.287 e. The molecule has 186 valence electrons. The Labute approximate surface area is 203 Å². The van der Waals surface area contributed by atoms with Crippen molar-refractivity contribution in [1.29, 1.82) is 0 Å². The molecule has 1 aliphatic carbocycles. The summed E-state index contributed by atoms with van der Waals surface area (Å²) in [5, 5.41) is 11.6. The van der Waals surface area contributed by atoms with Crippen LogP contribution in [0, 0.1) is 12.8 Å². The Morgan fingerprint density at radius 3 is 2.65 bits per heavy atom. The fourth-order valence-electron chi connectivity index (χ4n) is 4.81. The summed E-state index contributed by atoms with van der Waals surface area (Å²) < 4.78 is 39.8. The maximum absolute atomic E-state index is 13.1. The van der Waals surface area contributed by atoms with Crippen molar-refractivity contribution >= 4 is 27.3 Å². The first-order chi connectivity index (χ1) is 16.4. The zero-order valence-corrected chi connectivity index (χ0v) is 20.8. The molecular formula is C22H30ClN5O5S. The summed E-state index contributed by atoms with van der Waals surface area (Å²) in [4.78, 5) is 12.9. The van der Waals surface area contributed by atoms with Gasteiger partial charge in [0, 0.05) is 37.7 Å². The summed E-state index contributed by atoms with van der Waals surface area (Å²) in [6, 6.07) is -0.227. The molecule has 4 heterocycles. The van der Waals surface area contributed by atoms with Crippen LogP contribution in [0.3, 0.4) is 0 Å². The average molecular weight is 512 g/mol. The van der Waals surface area contributed by atoms with Crippen molar-refractivity contribution in [2.24, 2.45) is 5.92 Å². The van der Waals surface area contributed by atoms with Crippen LogP contribution >= 0.6 is 11.6 Å². The first kappa shape index (κ1) is 23.8. The van der Waals surface area contributed by atoms with Gasteiger partial charge in [0.15, 0.2) is 0 Å². The molecule has 0 bridgehead atoms. The van der Waals surface area contributed by atoms with E-state index in [1.165, 1.54) is 8.99 Å². The van der Waals surface area contributed by atoms with Crippen LogP contribution < -0.4 is 10.9 Å². The zero-order chi connectivity index (χ0) is 23.9. The van der Waals surface area contributed by atoms with Crippen LogP contribution in [0.1, 0.15) is 61.7 Å². The van der Waals surface area contributed by atoms with Gasteiger partial charge in [0.1, 0.15) is 5.02 Å². The van der Waals surface area contributed by atoms with Gasteiger partial charge in [0.2, 0.25) is 0 Å². The molecule has 1 atom stereocenters. The predicted octanol–water partition coefficient (Wildman–Crippen LogP) is 2.93. The summed E-state index contributed by atoms with van der Waals surface area (Å²) in [6.45, 7) is 4.45. The van der Waals surface area contributed by atoms with Crippen molar-refractivity contribution in [3.05, 3.63) is 32.8 Å². The monoisotopic (exact) mass is 511 g/mol. The Kier molecular flexibility index (Phi) is 6.71. The molecule has 3 fully saturated rings. The van der Waals surface area contributed by atoms with E-state index in [2.05, 4.69) is 15.6 Å². The number of piperidine rings is 1. The third kappa shape index (κ3) is 4.62. The summed E-state index contributed by atoms with van der Waals surface area (Å²) in [7, 11) is -3.78. The molecule has 0 amide bonds. The summed E-state index contributed by atoms with van der Waals surface area (Å²) in [6.07, 6.45) is 6.64. The van der Waals surface area contributed by atoms with Crippen LogP contribution in [-0.2, 0) is 14.8 Å². The minimum Gasteiger partial charge on any atom is -0.382 e. The Hall–Kier alpha value is -1.95. The lowest BCUT2D eigenvalue weighted by molar-refractivity contribution is 0.0595. The first-order valence-corrected chi connectivity index (χ1v) is 13.7. The van der Waals surface area contributed by atoms with Crippen molar-refractivity contribution < 1.29 is 17.7 Å². The van der Waals surface area contributed by atoms with E-state index in [0.717, 1.165) is 38.0 Å². The quantitative estimate of drug-likeness (QED) is 0.602. The average Bonchev–Trinajstić information content (AvgIpc) is 3.61. The van der Waals surface area contributed by atoms with Gasteiger partial charge in [-0.2, -0.15) is 9.40 Å². The molecule has 12 heteroatoms. The minimum absolute atomic E-state index is 0.0648. The third-order valence-electron chi connectivity index (χ3n) is 7.00. The molecule has 1 saturated carbocycles. The first-order valence-electron chi connectivity index (χ1n) is 11.9. The van der Waals surface area contributed by atoms with Crippen LogP contribution in [-0.4, -0.2) is 60.5 Å². The van der Waals surface area contributed by atoms with Crippen LogP contribution in [0.5, 0.6) is 0 Å². The van der Waals surface area contributed by atoms with Gasteiger partial charge < -0.3 is 14.6 Å². The van der Waals surface area contributed by atoms with E-state index in [1.54, 1.807) is 13.1 Å². The SMILES string of the molecule is Cc1c(C2CC2)noc1S(=O)(=O)N1CCC(n2ncc(NC[C@H]3CCCOC3)c(Cl)c2=O)CC1. The lowest BCUT2D eigenvalue weighted by atomic mass is 10.0. The molecule has 2 aromatic rings. The number of hydrogen-bond donors (Lipinski definition) is 1. The Bertz CT molecular complexity index is 1190. The summed E-state index contributed by atoms with van der Waals surface area (Å²) in [5.41, 5.74) is 1.51. The van der Waals surface area contributed by atoms with Crippen molar-refractivity contribution in [3.8, 4) is 0 Å².